The summed E-state index contributed by atoms with van der Waals surface area (Å²) >= 11 is 0. The zero-order valence-corrected chi connectivity index (χ0v) is 11.8. The van der Waals surface area contributed by atoms with Crippen LogP contribution in [0.3, 0.4) is 0 Å². The highest BCUT2D eigenvalue weighted by atomic mass is 16.1. The summed E-state index contributed by atoms with van der Waals surface area (Å²) in [5, 5.41) is 6.48. The Bertz CT molecular complexity index is 249. The maximum atomic E-state index is 11.7. The molecule has 2 N–H and O–H groups in total. The SMILES string of the molecule is CC(C)NCCCC(=O)NC1CCC(C)(C)C1. The quantitative estimate of drug-likeness (QED) is 0.700. The summed E-state index contributed by atoms with van der Waals surface area (Å²) in [6, 6.07) is 0.921. The fourth-order valence-corrected chi connectivity index (χ4v) is 2.50. The maximum Gasteiger partial charge on any atom is 0.220 e. The van der Waals surface area contributed by atoms with E-state index in [0.29, 0.717) is 23.9 Å². The molecule has 1 amide bonds. The topological polar surface area (TPSA) is 41.1 Å². The molecule has 0 aromatic heterocycles. The van der Waals surface area contributed by atoms with Crippen molar-refractivity contribution in [3.63, 3.8) is 0 Å². The first-order valence-electron chi connectivity index (χ1n) is 6.92. The summed E-state index contributed by atoms with van der Waals surface area (Å²) in [6.07, 6.45) is 5.08. The monoisotopic (exact) mass is 240 g/mol. The lowest BCUT2D eigenvalue weighted by Gasteiger charge is -2.18. The summed E-state index contributed by atoms with van der Waals surface area (Å²) in [5.41, 5.74) is 0.414. The number of amides is 1. The molecule has 1 saturated carbocycles. The van der Waals surface area contributed by atoms with E-state index in [1.165, 1.54) is 6.42 Å². The van der Waals surface area contributed by atoms with Crippen LogP contribution < -0.4 is 10.6 Å². The highest BCUT2D eigenvalue weighted by Crippen LogP contribution is 2.36. The molecule has 0 bridgehead atoms. The summed E-state index contributed by atoms with van der Waals surface area (Å²) in [7, 11) is 0. The summed E-state index contributed by atoms with van der Waals surface area (Å²) in [4.78, 5) is 11.7. The minimum atomic E-state index is 0.221. The summed E-state index contributed by atoms with van der Waals surface area (Å²) in [6.45, 7) is 9.75. The van der Waals surface area contributed by atoms with Crippen LogP contribution in [0.2, 0.25) is 0 Å². The molecule has 0 spiro atoms. The van der Waals surface area contributed by atoms with Crippen molar-refractivity contribution < 1.29 is 4.79 Å². The maximum absolute atomic E-state index is 11.7. The molecule has 1 fully saturated rings. The molecule has 1 aliphatic carbocycles. The van der Waals surface area contributed by atoms with Crippen LogP contribution in [0.1, 0.15) is 59.8 Å². The molecular weight excluding hydrogens is 212 g/mol. The molecule has 0 saturated heterocycles. The van der Waals surface area contributed by atoms with Crippen LogP contribution in [0.15, 0.2) is 0 Å². The van der Waals surface area contributed by atoms with Crippen molar-refractivity contribution in [3.8, 4) is 0 Å². The van der Waals surface area contributed by atoms with E-state index in [-0.39, 0.29) is 5.91 Å². The summed E-state index contributed by atoms with van der Waals surface area (Å²) in [5.74, 6) is 0.221. The van der Waals surface area contributed by atoms with Crippen LogP contribution in [-0.2, 0) is 4.79 Å². The minimum Gasteiger partial charge on any atom is -0.353 e. The van der Waals surface area contributed by atoms with E-state index in [9.17, 15) is 4.79 Å². The predicted molar refractivity (Wildman–Crippen MR) is 71.9 cm³/mol. The number of rotatable bonds is 6. The molecule has 1 unspecified atom stereocenters. The van der Waals surface area contributed by atoms with Gasteiger partial charge in [-0.25, -0.2) is 0 Å². The number of nitrogens with one attached hydrogen (secondary N) is 2. The second-order valence-corrected chi connectivity index (χ2v) is 6.38. The van der Waals surface area contributed by atoms with E-state index in [1.807, 2.05) is 0 Å². The highest BCUT2D eigenvalue weighted by molar-refractivity contribution is 5.76. The van der Waals surface area contributed by atoms with E-state index in [4.69, 9.17) is 0 Å². The third-order valence-electron chi connectivity index (χ3n) is 3.47. The van der Waals surface area contributed by atoms with Gasteiger partial charge in [0, 0.05) is 18.5 Å². The van der Waals surface area contributed by atoms with Gasteiger partial charge in [-0.05, 0) is 37.6 Å². The predicted octanol–water partition coefficient (Wildman–Crippen LogP) is 2.46. The van der Waals surface area contributed by atoms with Gasteiger partial charge in [-0.2, -0.15) is 0 Å². The Morgan fingerprint density at radius 3 is 2.65 bits per heavy atom. The molecule has 1 aliphatic rings. The fraction of sp³-hybridized carbons (Fsp3) is 0.929. The van der Waals surface area contributed by atoms with Gasteiger partial charge in [-0.15, -0.1) is 0 Å². The highest BCUT2D eigenvalue weighted by Gasteiger charge is 2.31. The van der Waals surface area contributed by atoms with Crippen molar-refractivity contribution in [3.05, 3.63) is 0 Å². The molecule has 1 atom stereocenters. The lowest BCUT2D eigenvalue weighted by molar-refractivity contribution is -0.121. The molecular formula is C14H28N2O. The van der Waals surface area contributed by atoms with E-state index in [1.54, 1.807) is 0 Å². The van der Waals surface area contributed by atoms with Crippen LogP contribution >= 0.6 is 0 Å². The van der Waals surface area contributed by atoms with Crippen molar-refractivity contribution in [1.29, 1.82) is 0 Å². The van der Waals surface area contributed by atoms with Gasteiger partial charge in [0.2, 0.25) is 5.91 Å². The first-order chi connectivity index (χ1) is 7.89. The van der Waals surface area contributed by atoms with Crippen molar-refractivity contribution in [2.75, 3.05) is 6.54 Å². The van der Waals surface area contributed by atoms with E-state index >= 15 is 0 Å². The van der Waals surface area contributed by atoms with E-state index in [2.05, 4.69) is 38.3 Å². The molecule has 0 aromatic rings. The zero-order valence-electron chi connectivity index (χ0n) is 11.8. The van der Waals surface area contributed by atoms with Crippen LogP contribution in [0.4, 0.5) is 0 Å². The fourth-order valence-electron chi connectivity index (χ4n) is 2.50. The normalized spacial score (nSPS) is 23.0. The first-order valence-corrected chi connectivity index (χ1v) is 6.92. The number of hydrogen-bond acceptors (Lipinski definition) is 2. The zero-order chi connectivity index (χ0) is 12.9. The third kappa shape index (κ3) is 6.06. The Labute approximate surface area is 106 Å². The lowest BCUT2D eigenvalue weighted by atomic mass is 9.92. The molecule has 1 rings (SSSR count). The van der Waals surface area contributed by atoms with Gasteiger partial charge in [0.1, 0.15) is 0 Å². The van der Waals surface area contributed by atoms with Gasteiger partial charge >= 0.3 is 0 Å². The lowest BCUT2D eigenvalue weighted by Crippen LogP contribution is -2.34. The summed E-state index contributed by atoms with van der Waals surface area (Å²) < 4.78 is 0. The van der Waals surface area contributed by atoms with Gasteiger partial charge in [-0.3, -0.25) is 4.79 Å². The number of hydrogen-bond donors (Lipinski definition) is 2. The Morgan fingerprint density at radius 2 is 2.12 bits per heavy atom. The van der Waals surface area contributed by atoms with Crippen molar-refractivity contribution in [2.24, 2.45) is 5.41 Å². The second-order valence-electron chi connectivity index (χ2n) is 6.38. The molecule has 3 heteroatoms. The molecule has 0 aromatic carbocycles. The molecule has 0 aliphatic heterocycles. The Kier molecular flexibility index (Phi) is 5.44. The molecule has 17 heavy (non-hydrogen) atoms. The van der Waals surface area contributed by atoms with Crippen LogP contribution in [0.25, 0.3) is 0 Å². The van der Waals surface area contributed by atoms with E-state index < -0.39 is 0 Å². The second kappa shape index (κ2) is 6.39. The average molecular weight is 240 g/mol. The minimum absolute atomic E-state index is 0.221. The molecule has 0 heterocycles. The van der Waals surface area contributed by atoms with Crippen molar-refractivity contribution >= 4 is 5.91 Å². The Balaban J connectivity index is 2.09. The van der Waals surface area contributed by atoms with Gasteiger partial charge < -0.3 is 10.6 Å². The van der Waals surface area contributed by atoms with Crippen LogP contribution in [0, 0.1) is 5.41 Å². The number of carbonyl (C=O) groups excluding carboxylic acids is 1. The van der Waals surface area contributed by atoms with Gasteiger partial charge in [0.15, 0.2) is 0 Å². The largest absolute Gasteiger partial charge is 0.353 e. The Morgan fingerprint density at radius 1 is 1.41 bits per heavy atom. The van der Waals surface area contributed by atoms with Gasteiger partial charge in [-0.1, -0.05) is 27.7 Å². The standard InChI is InChI=1S/C14H28N2O/c1-11(2)15-9-5-6-13(17)16-12-7-8-14(3,4)10-12/h11-12,15H,5-10H2,1-4H3,(H,16,17). The first kappa shape index (κ1) is 14.5. The van der Waals surface area contributed by atoms with Crippen LogP contribution in [0.5, 0.6) is 0 Å². The van der Waals surface area contributed by atoms with Gasteiger partial charge in [0.05, 0.1) is 0 Å². The average Bonchev–Trinajstić information content (AvgIpc) is 2.52. The third-order valence-corrected chi connectivity index (χ3v) is 3.47. The Hall–Kier alpha value is -0.570. The number of carbonyl (C=O) groups is 1. The van der Waals surface area contributed by atoms with Gasteiger partial charge in [0.25, 0.3) is 0 Å². The molecule has 0 radical (unpaired) electrons. The van der Waals surface area contributed by atoms with E-state index in [0.717, 1.165) is 25.8 Å². The van der Waals surface area contributed by atoms with Crippen molar-refractivity contribution in [2.45, 2.75) is 71.9 Å². The van der Waals surface area contributed by atoms with Crippen molar-refractivity contribution in [1.82, 2.24) is 10.6 Å². The molecule has 3 nitrogen and oxygen atoms in total. The van der Waals surface area contributed by atoms with Crippen LogP contribution in [-0.4, -0.2) is 24.5 Å². The smallest absolute Gasteiger partial charge is 0.220 e. The molecule has 100 valence electrons.